The van der Waals surface area contributed by atoms with E-state index in [1.54, 1.807) is 18.4 Å². The van der Waals surface area contributed by atoms with E-state index in [0.29, 0.717) is 18.7 Å². The molecule has 1 aromatic carbocycles. The first kappa shape index (κ1) is 10.8. The van der Waals surface area contributed by atoms with Gasteiger partial charge in [-0.2, -0.15) is 0 Å². The molecule has 4 heteroatoms. The first-order valence-electron chi connectivity index (χ1n) is 4.93. The molecule has 0 unspecified atom stereocenters. The third-order valence-corrected chi connectivity index (χ3v) is 2.19. The third kappa shape index (κ3) is 2.67. The van der Waals surface area contributed by atoms with Crippen LogP contribution in [0.25, 0.3) is 0 Å². The Kier molecular flexibility index (Phi) is 3.31. The fourth-order valence-corrected chi connectivity index (χ4v) is 1.39. The standard InChI is InChI=1S/C12H11F2NO/c13-11-4-3-9(6-12(11)14)7-15-8-10-2-1-5-16-10/h1-6,15H,7-8H2. The second-order valence-corrected chi connectivity index (χ2v) is 3.43. The van der Waals surface area contributed by atoms with Gasteiger partial charge in [0.1, 0.15) is 5.76 Å². The maximum Gasteiger partial charge on any atom is 0.159 e. The summed E-state index contributed by atoms with van der Waals surface area (Å²) >= 11 is 0. The zero-order valence-corrected chi connectivity index (χ0v) is 8.54. The second-order valence-electron chi connectivity index (χ2n) is 3.43. The van der Waals surface area contributed by atoms with Crippen molar-refractivity contribution < 1.29 is 13.2 Å². The summed E-state index contributed by atoms with van der Waals surface area (Å²) in [5.74, 6) is -0.838. The van der Waals surface area contributed by atoms with Crippen LogP contribution in [0.4, 0.5) is 8.78 Å². The maximum absolute atomic E-state index is 12.9. The van der Waals surface area contributed by atoms with Crippen LogP contribution in [0.5, 0.6) is 0 Å². The zero-order chi connectivity index (χ0) is 11.4. The van der Waals surface area contributed by atoms with Crippen molar-refractivity contribution in [1.29, 1.82) is 0 Å². The first-order chi connectivity index (χ1) is 7.75. The van der Waals surface area contributed by atoms with Gasteiger partial charge in [0.05, 0.1) is 12.8 Å². The number of rotatable bonds is 4. The minimum absolute atomic E-state index is 0.470. The highest BCUT2D eigenvalue weighted by atomic mass is 19.2. The van der Waals surface area contributed by atoms with Crippen molar-refractivity contribution in [3.05, 3.63) is 59.6 Å². The number of hydrogen-bond donors (Lipinski definition) is 1. The predicted molar refractivity (Wildman–Crippen MR) is 55.6 cm³/mol. The van der Waals surface area contributed by atoms with Gasteiger partial charge in [-0.1, -0.05) is 6.07 Å². The van der Waals surface area contributed by atoms with Crippen LogP contribution in [0.3, 0.4) is 0 Å². The summed E-state index contributed by atoms with van der Waals surface area (Å²) in [6.45, 7) is 1.03. The summed E-state index contributed by atoms with van der Waals surface area (Å²) in [7, 11) is 0. The summed E-state index contributed by atoms with van der Waals surface area (Å²) in [5, 5.41) is 3.07. The Bertz CT molecular complexity index is 454. The third-order valence-electron chi connectivity index (χ3n) is 2.19. The summed E-state index contributed by atoms with van der Waals surface area (Å²) in [4.78, 5) is 0. The molecule has 0 aliphatic carbocycles. The normalized spacial score (nSPS) is 10.6. The Morgan fingerprint density at radius 1 is 1.06 bits per heavy atom. The zero-order valence-electron chi connectivity index (χ0n) is 8.54. The smallest absolute Gasteiger partial charge is 0.159 e. The molecule has 1 aromatic heterocycles. The van der Waals surface area contributed by atoms with Crippen LogP contribution in [0, 0.1) is 11.6 Å². The summed E-state index contributed by atoms with van der Waals surface area (Å²) in [5.41, 5.74) is 0.699. The van der Waals surface area contributed by atoms with Crippen LogP contribution in [-0.4, -0.2) is 0 Å². The number of hydrogen-bond acceptors (Lipinski definition) is 2. The van der Waals surface area contributed by atoms with Gasteiger partial charge in [-0.25, -0.2) is 8.78 Å². The molecule has 2 rings (SSSR count). The van der Waals surface area contributed by atoms with E-state index in [4.69, 9.17) is 4.42 Å². The lowest BCUT2D eigenvalue weighted by Crippen LogP contribution is -2.12. The summed E-state index contributed by atoms with van der Waals surface area (Å²) in [6, 6.07) is 7.50. The minimum atomic E-state index is -0.824. The van der Waals surface area contributed by atoms with Crippen LogP contribution >= 0.6 is 0 Å². The van der Waals surface area contributed by atoms with E-state index in [9.17, 15) is 8.78 Å². The quantitative estimate of drug-likeness (QED) is 0.862. The van der Waals surface area contributed by atoms with E-state index < -0.39 is 11.6 Å². The van der Waals surface area contributed by atoms with Gasteiger partial charge in [-0.15, -0.1) is 0 Å². The highest BCUT2D eigenvalue weighted by Gasteiger charge is 2.02. The number of furan rings is 1. The molecule has 0 bridgehead atoms. The Balaban J connectivity index is 1.87. The van der Waals surface area contributed by atoms with E-state index in [1.807, 2.05) is 6.07 Å². The molecule has 0 fully saturated rings. The largest absolute Gasteiger partial charge is 0.468 e. The maximum atomic E-state index is 12.9. The van der Waals surface area contributed by atoms with Gasteiger partial charge in [0.15, 0.2) is 11.6 Å². The van der Waals surface area contributed by atoms with Gasteiger partial charge in [0.2, 0.25) is 0 Å². The van der Waals surface area contributed by atoms with Crippen LogP contribution < -0.4 is 5.32 Å². The van der Waals surface area contributed by atoms with Gasteiger partial charge >= 0.3 is 0 Å². The Morgan fingerprint density at radius 3 is 2.62 bits per heavy atom. The number of halogens is 2. The topological polar surface area (TPSA) is 25.2 Å². The number of benzene rings is 1. The average molecular weight is 223 g/mol. The van der Waals surface area contributed by atoms with Crippen molar-refractivity contribution in [2.75, 3.05) is 0 Å². The fourth-order valence-electron chi connectivity index (χ4n) is 1.39. The Labute approximate surface area is 91.9 Å². The molecule has 0 aliphatic rings. The minimum Gasteiger partial charge on any atom is -0.468 e. The average Bonchev–Trinajstić information content (AvgIpc) is 2.76. The molecular formula is C12H11F2NO. The van der Waals surface area contributed by atoms with Crippen LogP contribution in [0.15, 0.2) is 41.0 Å². The molecule has 0 spiro atoms. The molecule has 16 heavy (non-hydrogen) atoms. The van der Waals surface area contributed by atoms with Gasteiger partial charge in [0, 0.05) is 6.54 Å². The van der Waals surface area contributed by atoms with Gasteiger partial charge in [-0.3, -0.25) is 0 Å². The van der Waals surface area contributed by atoms with Crippen molar-refractivity contribution in [3.8, 4) is 0 Å². The second kappa shape index (κ2) is 4.90. The van der Waals surface area contributed by atoms with E-state index in [0.717, 1.165) is 11.8 Å². The van der Waals surface area contributed by atoms with Crippen LogP contribution in [0.2, 0.25) is 0 Å². The molecule has 0 amide bonds. The molecular weight excluding hydrogens is 212 g/mol. The monoisotopic (exact) mass is 223 g/mol. The molecule has 1 N–H and O–H groups in total. The molecule has 0 aliphatic heterocycles. The van der Waals surface area contributed by atoms with E-state index >= 15 is 0 Å². The van der Waals surface area contributed by atoms with Crippen molar-refractivity contribution in [2.24, 2.45) is 0 Å². The lowest BCUT2D eigenvalue weighted by molar-refractivity contribution is 0.481. The van der Waals surface area contributed by atoms with Crippen molar-refractivity contribution >= 4 is 0 Å². The Hall–Kier alpha value is -1.68. The Morgan fingerprint density at radius 2 is 1.94 bits per heavy atom. The van der Waals surface area contributed by atoms with Crippen LogP contribution in [0.1, 0.15) is 11.3 Å². The molecule has 2 aromatic rings. The summed E-state index contributed by atoms with van der Waals surface area (Å²) in [6.07, 6.45) is 1.59. The van der Waals surface area contributed by atoms with E-state index in [2.05, 4.69) is 5.32 Å². The van der Waals surface area contributed by atoms with E-state index in [1.165, 1.54) is 6.07 Å². The lowest BCUT2D eigenvalue weighted by atomic mass is 10.2. The predicted octanol–water partition coefficient (Wildman–Crippen LogP) is 2.85. The SMILES string of the molecule is Fc1ccc(CNCc2ccco2)cc1F. The lowest BCUT2D eigenvalue weighted by Gasteiger charge is -2.03. The van der Waals surface area contributed by atoms with Gasteiger partial charge < -0.3 is 9.73 Å². The molecule has 1 heterocycles. The molecule has 0 atom stereocenters. The number of nitrogens with one attached hydrogen (secondary N) is 1. The molecule has 0 saturated heterocycles. The molecule has 2 nitrogen and oxygen atoms in total. The van der Waals surface area contributed by atoms with Crippen molar-refractivity contribution in [3.63, 3.8) is 0 Å². The van der Waals surface area contributed by atoms with Gasteiger partial charge in [-0.05, 0) is 29.8 Å². The van der Waals surface area contributed by atoms with Crippen molar-refractivity contribution in [2.45, 2.75) is 13.1 Å². The molecule has 84 valence electrons. The molecule has 0 radical (unpaired) electrons. The fraction of sp³-hybridized carbons (Fsp3) is 0.167. The first-order valence-corrected chi connectivity index (χ1v) is 4.93. The van der Waals surface area contributed by atoms with E-state index in [-0.39, 0.29) is 0 Å². The van der Waals surface area contributed by atoms with Crippen molar-refractivity contribution in [1.82, 2.24) is 5.32 Å². The highest BCUT2D eigenvalue weighted by molar-refractivity contribution is 5.17. The van der Waals surface area contributed by atoms with Crippen LogP contribution in [-0.2, 0) is 13.1 Å². The summed E-state index contributed by atoms with van der Waals surface area (Å²) < 4.78 is 30.6. The highest BCUT2D eigenvalue weighted by Crippen LogP contribution is 2.08. The van der Waals surface area contributed by atoms with Gasteiger partial charge in [0.25, 0.3) is 0 Å². The molecule has 0 saturated carbocycles.